The van der Waals surface area contributed by atoms with Gasteiger partial charge in [-0.25, -0.2) is 0 Å². The predicted molar refractivity (Wildman–Crippen MR) is 106 cm³/mol. The molecule has 1 aromatic heterocycles. The molecule has 2 aliphatic heterocycles. The lowest BCUT2D eigenvalue weighted by atomic mass is 9.95. The number of amides is 1. The number of hydrogen-bond donors (Lipinski definition) is 1. The quantitative estimate of drug-likeness (QED) is 0.875. The van der Waals surface area contributed by atoms with Gasteiger partial charge in [-0.2, -0.15) is 0 Å². The Hall–Kier alpha value is -2.41. The number of nitrogens with zero attached hydrogens (tertiary/aromatic N) is 4. The van der Waals surface area contributed by atoms with Gasteiger partial charge in [0.2, 0.25) is 0 Å². The van der Waals surface area contributed by atoms with E-state index < -0.39 is 0 Å². The molecule has 0 spiro atoms. The Morgan fingerprint density at radius 1 is 1.14 bits per heavy atom. The van der Waals surface area contributed by atoms with Crippen molar-refractivity contribution in [2.75, 3.05) is 26.2 Å². The van der Waals surface area contributed by atoms with Gasteiger partial charge in [0.05, 0.1) is 6.54 Å². The number of hydrogen-bond acceptors (Lipinski definition) is 5. The van der Waals surface area contributed by atoms with Crippen molar-refractivity contribution >= 4 is 5.91 Å². The maximum atomic E-state index is 12.6. The van der Waals surface area contributed by atoms with Crippen LogP contribution in [0.4, 0.5) is 0 Å². The third-order valence-corrected chi connectivity index (χ3v) is 5.81. The summed E-state index contributed by atoms with van der Waals surface area (Å²) in [5.74, 6) is 3.39. The van der Waals surface area contributed by atoms with Gasteiger partial charge >= 0.3 is 0 Å². The molecule has 3 heterocycles. The van der Waals surface area contributed by atoms with Gasteiger partial charge < -0.3 is 19.5 Å². The van der Waals surface area contributed by atoms with Crippen LogP contribution in [0.1, 0.15) is 47.1 Å². The van der Waals surface area contributed by atoms with Gasteiger partial charge in [0, 0.05) is 32.1 Å². The summed E-state index contributed by atoms with van der Waals surface area (Å²) in [6.07, 6.45) is 1.86. The highest BCUT2D eigenvalue weighted by Crippen LogP contribution is 2.28. The maximum absolute atomic E-state index is 12.6. The number of nitrogens with one attached hydrogen (secondary N) is 1. The van der Waals surface area contributed by atoms with E-state index in [-0.39, 0.29) is 12.5 Å². The van der Waals surface area contributed by atoms with Crippen molar-refractivity contribution in [1.82, 2.24) is 25.0 Å². The van der Waals surface area contributed by atoms with E-state index >= 15 is 0 Å². The number of rotatable bonds is 4. The highest BCUT2D eigenvalue weighted by atomic mass is 16.5. The van der Waals surface area contributed by atoms with E-state index in [2.05, 4.69) is 39.1 Å². The molecule has 2 aromatic rings. The van der Waals surface area contributed by atoms with Crippen LogP contribution in [0.25, 0.3) is 0 Å². The van der Waals surface area contributed by atoms with Crippen LogP contribution in [0.5, 0.6) is 5.75 Å². The van der Waals surface area contributed by atoms with Crippen molar-refractivity contribution in [3.8, 4) is 5.75 Å². The molecule has 150 valence electrons. The smallest absolute Gasteiger partial charge is 0.260 e. The molecule has 0 bridgehead atoms. The average Bonchev–Trinajstić information content (AvgIpc) is 3.11. The van der Waals surface area contributed by atoms with Gasteiger partial charge in [-0.3, -0.25) is 4.79 Å². The summed E-state index contributed by atoms with van der Waals surface area (Å²) in [5.41, 5.74) is 3.37. The second kappa shape index (κ2) is 7.91. The minimum absolute atomic E-state index is 0.0605. The van der Waals surface area contributed by atoms with E-state index in [4.69, 9.17) is 4.74 Å². The van der Waals surface area contributed by atoms with E-state index in [0.29, 0.717) is 5.92 Å². The van der Waals surface area contributed by atoms with E-state index in [1.54, 1.807) is 0 Å². The summed E-state index contributed by atoms with van der Waals surface area (Å²) in [4.78, 5) is 14.6. The zero-order valence-corrected chi connectivity index (χ0v) is 17.0. The molecule has 0 saturated carbocycles. The van der Waals surface area contributed by atoms with Gasteiger partial charge in [0.25, 0.3) is 5.91 Å². The molecule has 7 heteroatoms. The molecule has 0 atom stereocenters. The van der Waals surface area contributed by atoms with Crippen LogP contribution in [0.15, 0.2) is 12.1 Å². The number of likely N-dealkylation sites (tertiary alicyclic amines) is 1. The van der Waals surface area contributed by atoms with Crippen molar-refractivity contribution in [3.05, 3.63) is 40.5 Å². The van der Waals surface area contributed by atoms with Crippen LogP contribution in [-0.4, -0.2) is 51.8 Å². The van der Waals surface area contributed by atoms with Crippen molar-refractivity contribution in [3.63, 3.8) is 0 Å². The number of fused-ring (bicyclic) bond motifs is 1. The molecule has 1 N–H and O–H groups in total. The van der Waals surface area contributed by atoms with Crippen LogP contribution in [0.2, 0.25) is 0 Å². The first kappa shape index (κ1) is 18.9. The lowest BCUT2D eigenvalue weighted by Gasteiger charge is -2.32. The van der Waals surface area contributed by atoms with Gasteiger partial charge in [0.15, 0.2) is 6.61 Å². The molecular weight excluding hydrogens is 354 g/mol. The first-order valence-corrected chi connectivity index (χ1v) is 10.1. The van der Waals surface area contributed by atoms with E-state index in [1.807, 2.05) is 18.7 Å². The fourth-order valence-corrected chi connectivity index (χ4v) is 4.42. The molecule has 0 aliphatic carbocycles. The first-order valence-electron chi connectivity index (χ1n) is 10.1. The van der Waals surface area contributed by atoms with Crippen LogP contribution in [-0.2, 0) is 17.9 Å². The molecular formula is C21H29N5O2. The summed E-state index contributed by atoms with van der Waals surface area (Å²) in [6, 6.07) is 4.18. The fraction of sp³-hybridized carbons (Fsp3) is 0.571. The molecule has 4 rings (SSSR count). The van der Waals surface area contributed by atoms with Crippen LogP contribution in [0.3, 0.4) is 0 Å². The minimum Gasteiger partial charge on any atom is -0.483 e. The predicted octanol–water partition coefficient (Wildman–Crippen LogP) is 2.09. The van der Waals surface area contributed by atoms with E-state index in [1.165, 1.54) is 5.56 Å². The molecule has 2 aliphatic rings. The van der Waals surface area contributed by atoms with Gasteiger partial charge in [0.1, 0.15) is 17.4 Å². The zero-order chi connectivity index (χ0) is 19.7. The van der Waals surface area contributed by atoms with E-state index in [0.717, 1.165) is 74.1 Å². The number of aryl methyl sites for hydroxylation is 3. The third kappa shape index (κ3) is 3.76. The molecule has 1 aromatic carbocycles. The fourth-order valence-electron chi connectivity index (χ4n) is 4.42. The van der Waals surface area contributed by atoms with Gasteiger partial charge in [-0.05, 0) is 44.7 Å². The molecule has 7 nitrogen and oxygen atoms in total. The zero-order valence-electron chi connectivity index (χ0n) is 17.0. The Bertz CT molecular complexity index is 845. The molecule has 28 heavy (non-hydrogen) atoms. The van der Waals surface area contributed by atoms with Crippen LogP contribution in [0, 0.1) is 20.8 Å². The summed E-state index contributed by atoms with van der Waals surface area (Å²) in [6.45, 7) is 10.4. The maximum Gasteiger partial charge on any atom is 0.260 e. The number of carbonyl (C=O) groups is 1. The van der Waals surface area contributed by atoms with Crippen molar-refractivity contribution < 1.29 is 9.53 Å². The van der Waals surface area contributed by atoms with Crippen LogP contribution < -0.4 is 10.1 Å². The molecule has 0 radical (unpaired) electrons. The highest BCUT2D eigenvalue weighted by Gasteiger charge is 2.29. The van der Waals surface area contributed by atoms with Crippen molar-refractivity contribution in [1.29, 1.82) is 0 Å². The number of piperidine rings is 1. The summed E-state index contributed by atoms with van der Waals surface area (Å²) < 4.78 is 8.14. The second-order valence-electron chi connectivity index (χ2n) is 7.97. The summed E-state index contributed by atoms with van der Waals surface area (Å²) >= 11 is 0. The topological polar surface area (TPSA) is 72.3 Å². The Labute approximate surface area is 166 Å². The Morgan fingerprint density at radius 3 is 2.57 bits per heavy atom. The van der Waals surface area contributed by atoms with Gasteiger partial charge in [-0.1, -0.05) is 17.7 Å². The molecule has 1 saturated heterocycles. The number of carbonyl (C=O) groups excluding carboxylic acids is 1. The standard InChI is InChI=1S/C21H29N5O2/c1-14-10-15(2)20(16(3)11-14)28-13-19(27)25-7-4-17(5-8-25)21-24-23-18-12-22-6-9-26(18)21/h10-11,17,22H,4-9,12-13H2,1-3H3. The van der Waals surface area contributed by atoms with Crippen molar-refractivity contribution in [2.24, 2.45) is 0 Å². The SMILES string of the molecule is Cc1cc(C)c(OCC(=O)N2CCC(c3nnc4n3CCNC4)CC2)c(C)c1. The number of aromatic nitrogens is 3. The molecule has 1 fully saturated rings. The Kier molecular flexibility index (Phi) is 5.35. The molecule has 0 unspecified atom stereocenters. The second-order valence-corrected chi connectivity index (χ2v) is 7.97. The third-order valence-electron chi connectivity index (χ3n) is 5.81. The van der Waals surface area contributed by atoms with Gasteiger partial charge in [-0.15, -0.1) is 10.2 Å². The monoisotopic (exact) mass is 383 g/mol. The first-order chi connectivity index (χ1) is 13.5. The van der Waals surface area contributed by atoms with Crippen molar-refractivity contribution in [2.45, 2.75) is 52.6 Å². The minimum atomic E-state index is 0.0605. The van der Waals surface area contributed by atoms with Crippen LogP contribution >= 0.6 is 0 Å². The average molecular weight is 383 g/mol. The largest absolute Gasteiger partial charge is 0.483 e. The Morgan fingerprint density at radius 2 is 1.86 bits per heavy atom. The highest BCUT2D eigenvalue weighted by molar-refractivity contribution is 5.78. The lowest BCUT2D eigenvalue weighted by molar-refractivity contribution is -0.134. The summed E-state index contributed by atoms with van der Waals surface area (Å²) in [5, 5.41) is 12.1. The normalized spacial score (nSPS) is 17.5. The van der Waals surface area contributed by atoms with E-state index in [9.17, 15) is 4.79 Å². The molecule has 1 amide bonds. The lowest BCUT2D eigenvalue weighted by Crippen LogP contribution is -2.41. The Balaban J connectivity index is 1.33. The number of ether oxygens (including phenoxy) is 1. The summed E-state index contributed by atoms with van der Waals surface area (Å²) in [7, 11) is 0. The number of benzene rings is 1.